The van der Waals surface area contributed by atoms with Gasteiger partial charge in [-0.25, -0.2) is 4.79 Å². The van der Waals surface area contributed by atoms with E-state index in [1.807, 2.05) is 26.1 Å². The summed E-state index contributed by atoms with van der Waals surface area (Å²) < 4.78 is 6.85. The second-order valence-corrected chi connectivity index (χ2v) is 4.07. The zero-order valence-corrected chi connectivity index (χ0v) is 11.1. The Kier molecular flexibility index (Phi) is 3.70. The summed E-state index contributed by atoms with van der Waals surface area (Å²) in [6.45, 7) is 1.91. The number of aryl methyl sites for hydroxylation is 2. The van der Waals surface area contributed by atoms with E-state index in [0.29, 0.717) is 17.3 Å². The Bertz CT molecular complexity index is 573. The predicted molar refractivity (Wildman–Crippen MR) is 73.6 cm³/mol. The van der Waals surface area contributed by atoms with Gasteiger partial charge in [0.25, 0.3) is 0 Å². The van der Waals surface area contributed by atoms with Crippen LogP contribution in [-0.2, 0) is 7.05 Å². The lowest BCUT2D eigenvalue weighted by molar-refractivity contribution is 0.262. The van der Waals surface area contributed by atoms with Gasteiger partial charge >= 0.3 is 6.03 Å². The Morgan fingerprint density at radius 2 is 2.05 bits per heavy atom. The molecule has 0 unspecified atom stereocenters. The molecule has 1 heterocycles. The average molecular weight is 260 g/mol. The largest absolute Gasteiger partial charge is 0.495 e. The maximum absolute atomic E-state index is 11.8. The highest BCUT2D eigenvalue weighted by Gasteiger charge is 2.08. The van der Waals surface area contributed by atoms with Crippen LogP contribution in [0.25, 0.3) is 0 Å². The third-order valence-corrected chi connectivity index (χ3v) is 2.71. The number of para-hydroxylation sites is 2. The van der Waals surface area contributed by atoms with Crippen molar-refractivity contribution in [2.45, 2.75) is 6.92 Å². The number of nitrogens with zero attached hydrogens (tertiary/aromatic N) is 2. The van der Waals surface area contributed by atoms with Gasteiger partial charge in [-0.1, -0.05) is 12.1 Å². The Balaban J connectivity index is 2.05. The number of carbonyl (C=O) groups excluding carboxylic acids is 1. The van der Waals surface area contributed by atoms with Crippen molar-refractivity contribution >= 4 is 17.5 Å². The van der Waals surface area contributed by atoms with Gasteiger partial charge in [-0.3, -0.25) is 10.00 Å². The molecule has 2 N–H and O–H groups in total. The number of aromatic nitrogens is 2. The fraction of sp³-hybridized carbons (Fsp3) is 0.231. The number of rotatable bonds is 3. The summed E-state index contributed by atoms with van der Waals surface area (Å²) in [7, 11) is 3.37. The molecule has 19 heavy (non-hydrogen) atoms. The molecule has 0 radical (unpaired) electrons. The SMILES string of the molecule is COc1ccccc1NC(=O)Nc1cc(C)n(C)n1. The van der Waals surface area contributed by atoms with Crippen molar-refractivity contribution in [3.63, 3.8) is 0 Å². The van der Waals surface area contributed by atoms with Crippen LogP contribution in [0.2, 0.25) is 0 Å². The Labute approximate surface area is 111 Å². The number of urea groups is 1. The minimum atomic E-state index is -0.359. The lowest BCUT2D eigenvalue weighted by atomic mass is 10.3. The van der Waals surface area contributed by atoms with Gasteiger partial charge in [0.15, 0.2) is 5.82 Å². The minimum absolute atomic E-state index is 0.359. The number of benzene rings is 1. The number of carbonyl (C=O) groups is 1. The molecule has 0 fully saturated rings. The van der Waals surface area contributed by atoms with Crippen LogP contribution in [-0.4, -0.2) is 22.9 Å². The third-order valence-electron chi connectivity index (χ3n) is 2.71. The normalized spacial score (nSPS) is 10.1. The standard InChI is InChI=1S/C13H16N4O2/c1-9-8-12(16-17(9)2)15-13(18)14-10-6-4-5-7-11(10)19-3/h4-8H,1-3H3,(H2,14,15,16,18). The van der Waals surface area contributed by atoms with Crippen molar-refractivity contribution in [2.75, 3.05) is 17.7 Å². The zero-order valence-electron chi connectivity index (χ0n) is 11.1. The van der Waals surface area contributed by atoms with Crippen LogP contribution in [0, 0.1) is 6.92 Å². The van der Waals surface area contributed by atoms with Crippen LogP contribution in [0.15, 0.2) is 30.3 Å². The van der Waals surface area contributed by atoms with Crippen LogP contribution < -0.4 is 15.4 Å². The van der Waals surface area contributed by atoms with Crippen LogP contribution in [0.3, 0.4) is 0 Å². The number of methoxy groups -OCH3 is 1. The van der Waals surface area contributed by atoms with E-state index in [-0.39, 0.29) is 6.03 Å². The van der Waals surface area contributed by atoms with Crippen LogP contribution in [0.1, 0.15) is 5.69 Å². The van der Waals surface area contributed by atoms with Crippen molar-refractivity contribution in [3.05, 3.63) is 36.0 Å². The second kappa shape index (κ2) is 5.43. The number of nitrogens with one attached hydrogen (secondary N) is 2. The van der Waals surface area contributed by atoms with E-state index < -0.39 is 0 Å². The molecule has 2 aromatic rings. The molecule has 2 rings (SSSR count). The molecule has 0 aliphatic heterocycles. The first-order valence-corrected chi connectivity index (χ1v) is 5.82. The molecule has 2 amide bonds. The molecule has 6 nitrogen and oxygen atoms in total. The maximum Gasteiger partial charge on any atom is 0.325 e. The van der Waals surface area contributed by atoms with Crippen LogP contribution >= 0.6 is 0 Å². The fourth-order valence-electron chi connectivity index (χ4n) is 1.64. The summed E-state index contributed by atoms with van der Waals surface area (Å²) >= 11 is 0. The van der Waals surface area contributed by atoms with Gasteiger partial charge in [0, 0.05) is 18.8 Å². The summed E-state index contributed by atoms with van der Waals surface area (Å²) in [5.74, 6) is 1.11. The van der Waals surface area contributed by atoms with E-state index >= 15 is 0 Å². The molecule has 1 aromatic carbocycles. The number of ether oxygens (including phenoxy) is 1. The van der Waals surface area contributed by atoms with Gasteiger partial charge in [0.1, 0.15) is 5.75 Å². The Hall–Kier alpha value is -2.50. The Morgan fingerprint density at radius 1 is 1.32 bits per heavy atom. The highest BCUT2D eigenvalue weighted by atomic mass is 16.5. The van der Waals surface area contributed by atoms with Gasteiger partial charge in [-0.2, -0.15) is 5.10 Å². The number of anilines is 2. The van der Waals surface area contributed by atoms with E-state index in [0.717, 1.165) is 5.69 Å². The van der Waals surface area contributed by atoms with Gasteiger partial charge in [0.05, 0.1) is 12.8 Å². The van der Waals surface area contributed by atoms with Crippen molar-refractivity contribution in [1.29, 1.82) is 0 Å². The van der Waals surface area contributed by atoms with Gasteiger partial charge in [-0.05, 0) is 19.1 Å². The minimum Gasteiger partial charge on any atom is -0.495 e. The summed E-state index contributed by atoms with van der Waals surface area (Å²) in [6.07, 6.45) is 0. The molecular formula is C13H16N4O2. The van der Waals surface area contributed by atoms with Gasteiger partial charge in [0.2, 0.25) is 0 Å². The number of hydrogen-bond donors (Lipinski definition) is 2. The maximum atomic E-state index is 11.8. The molecule has 0 aliphatic carbocycles. The first-order chi connectivity index (χ1) is 9.10. The molecule has 1 aromatic heterocycles. The molecule has 0 bridgehead atoms. The summed E-state index contributed by atoms with van der Waals surface area (Å²) in [5, 5.41) is 9.53. The number of hydrogen-bond acceptors (Lipinski definition) is 3. The zero-order chi connectivity index (χ0) is 13.8. The summed E-state index contributed by atoms with van der Waals surface area (Å²) in [5.41, 5.74) is 1.57. The molecule has 6 heteroatoms. The average Bonchev–Trinajstić information content (AvgIpc) is 2.68. The molecular weight excluding hydrogens is 244 g/mol. The highest BCUT2D eigenvalue weighted by molar-refractivity contribution is 6.00. The molecule has 0 saturated carbocycles. The molecule has 100 valence electrons. The Morgan fingerprint density at radius 3 is 2.68 bits per heavy atom. The van der Waals surface area contributed by atoms with E-state index in [1.165, 1.54) is 0 Å². The third kappa shape index (κ3) is 3.04. The summed E-state index contributed by atoms with van der Waals surface area (Å²) in [4.78, 5) is 11.8. The van der Waals surface area contributed by atoms with Crippen molar-refractivity contribution in [3.8, 4) is 5.75 Å². The molecule has 0 atom stereocenters. The molecule has 0 aliphatic rings. The highest BCUT2D eigenvalue weighted by Crippen LogP contribution is 2.23. The van der Waals surface area contributed by atoms with E-state index in [9.17, 15) is 4.79 Å². The van der Waals surface area contributed by atoms with Gasteiger partial charge in [-0.15, -0.1) is 0 Å². The van der Waals surface area contributed by atoms with E-state index in [2.05, 4.69) is 15.7 Å². The smallest absolute Gasteiger partial charge is 0.325 e. The monoisotopic (exact) mass is 260 g/mol. The summed E-state index contributed by atoms with van der Waals surface area (Å²) in [6, 6.07) is 8.64. The van der Waals surface area contributed by atoms with Crippen molar-refractivity contribution in [1.82, 2.24) is 9.78 Å². The predicted octanol–water partition coefficient (Wildman–Crippen LogP) is 2.38. The topological polar surface area (TPSA) is 68.2 Å². The van der Waals surface area contributed by atoms with E-state index in [1.54, 1.807) is 30.0 Å². The fourth-order valence-corrected chi connectivity index (χ4v) is 1.64. The lowest BCUT2D eigenvalue weighted by Crippen LogP contribution is -2.20. The number of amides is 2. The quantitative estimate of drug-likeness (QED) is 0.890. The van der Waals surface area contributed by atoms with Gasteiger partial charge < -0.3 is 10.1 Å². The first kappa shape index (κ1) is 12.9. The first-order valence-electron chi connectivity index (χ1n) is 5.82. The van der Waals surface area contributed by atoms with Crippen LogP contribution in [0.5, 0.6) is 5.75 Å². The lowest BCUT2D eigenvalue weighted by Gasteiger charge is -2.09. The molecule has 0 spiro atoms. The van der Waals surface area contributed by atoms with Crippen molar-refractivity contribution in [2.24, 2.45) is 7.05 Å². The van der Waals surface area contributed by atoms with E-state index in [4.69, 9.17) is 4.74 Å². The molecule has 0 saturated heterocycles. The second-order valence-electron chi connectivity index (χ2n) is 4.07. The van der Waals surface area contributed by atoms with Crippen LogP contribution in [0.4, 0.5) is 16.3 Å². The van der Waals surface area contributed by atoms with Crippen molar-refractivity contribution < 1.29 is 9.53 Å².